The molecule has 0 saturated heterocycles. The summed E-state index contributed by atoms with van der Waals surface area (Å²) in [5.74, 6) is 6.97. The Kier molecular flexibility index (Phi) is 7.97. The number of para-hydroxylation sites is 1. The van der Waals surface area contributed by atoms with E-state index < -0.39 is 0 Å². The highest BCUT2D eigenvalue weighted by molar-refractivity contribution is 7.50. The van der Waals surface area contributed by atoms with Crippen LogP contribution in [0.2, 0.25) is 0 Å². The van der Waals surface area contributed by atoms with Crippen molar-refractivity contribution < 1.29 is 0 Å². The van der Waals surface area contributed by atoms with Crippen LogP contribution >= 0.6 is 8.20 Å². The largest absolute Gasteiger partial charge is 0.341 e. The molecule has 0 heterocycles. The fourth-order valence-corrected chi connectivity index (χ4v) is 4.45. The van der Waals surface area contributed by atoms with Gasteiger partial charge in [0.25, 0.3) is 0 Å². The van der Waals surface area contributed by atoms with Crippen LogP contribution in [0.1, 0.15) is 58.2 Å². The Morgan fingerprint density at radius 3 is 1.94 bits per heavy atom. The van der Waals surface area contributed by atoms with Crippen LogP contribution in [0.5, 0.6) is 0 Å². The number of hydrogen-bond donors (Lipinski definition) is 0. The summed E-state index contributed by atoms with van der Waals surface area (Å²) in [7, 11) is 3.35. The van der Waals surface area contributed by atoms with Crippen molar-refractivity contribution in [2.75, 3.05) is 11.9 Å². The van der Waals surface area contributed by atoms with Gasteiger partial charge in [-0.15, -0.1) is 0 Å². The topological polar surface area (TPSA) is 3.24 Å². The lowest BCUT2D eigenvalue weighted by Gasteiger charge is -2.25. The third kappa shape index (κ3) is 7.41. The number of allylic oxidation sites excluding steroid dienone is 1. The highest BCUT2D eigenvalue weighted by Crippen LogP contribution is 2.28. The average molecular weight is 432 g/mol. The minimum absolute atomic E-state index is 0.0301. The van der Waals surface area contributed by atoms with Crippen molar-refractivity contribution in [1.82, 2.24) is 0 Å². The SMILES string of the molecule is Cc1cc(C)c(P=C(/C=C(\C#CC(C)(C)C)C(C)(C)C)N(C)c2ccccc2)c(C)c1. The molecule has 0 unspecified atom stereocenters. The Morgan fingerprint density at radius 1 is 0.903 bits per heavy atom. The van der Waals surface area contributed by atoms with Gasteiger partial charge in [-0.25, -0.2) is 0 Å². The molecule has 0 amide bonds. The van der Waals surface area contributed by atoms with Crippen molar-refractivity contribution in [3.8, 4) is 11.8 Å². The van der Waals surface area contributed by atoms with E-state index in [0.717, 1.165) is 5.57 Å². The maximum Gasteiger partial charge on any atom is 0.0699 e. The van der Waals surface area contributed by atoms with E-state index in [0.29, 0.717) is 0 Å². The Hall–Kier alpha value is -2.29. The predicted octanol–water partition coefficient (Wildman–Crippen LogP) is 7.47. The molecular weight excluding hydrogens is 393 g/mol. The van der Waals surface area contributed by atoms with Gasteiger partial charge in [0.15, 0.2) is 0 Å². The van der Waals surface area contributed by atoms with Gasteiger partial charge in [-0.2, -0.15) is 0 Å². The standard InChI is InChI=1S/C29H38NP/c1-21-18-22(2)27(23(3)19-21)31-26(30(10)25-14-12-11-13-15-25)20-24(29(7,8)9)16-17-28(4,5)6/h11-15,18-20H,1-10H3/b24-20+. The molecule has 2 aromatic carbocycles. The van der Waals surface area contributed by atoms with Crippen LogP contribution in [-0.2, 0) is 0 Å². The maximum atomic E-state index is 3.52. The Morgan fingerprint density at radius 2 is 1.45 bits per heavy atom. The van der Waals surface area contributed by atoms with Crippen LogP contribution in [0.4, 0.5) is 5.69 Å². The molecular formula is C29H38NP. The zero-order valence-electron chi connectivity index (χ0n) is 21.0. The molecule has 0 aliphatic heterocycles. The molecule has 0 aliphatic rings. The lowest BCUT2D eigenvalue weighted by Crippen LogP contribution is -2.26. The van der Waals surface area contributed by atoms with E-state index in [-0.39, 0.29) is 10.8 Å². The number of hydrogen-bond acceptors (Lipinski definition) is 0. The van der Waals surface area contributed by atoms with E-state index in [2.05, 4.69) is 135 Å². The van der Waals surface area contributed by atoms with E-state index in [9.17, 15) is 0 Å². The van der Waals surface area contributed by atoms with Crippen LogP contribution in [0.3, 0.4) is 0 Å². The van der Waals surface area contributed by atoms with Gasteiger partial charge in [0.1, 0.15) is 0 Å². The first-order valence-corrected chi connectivity index (χ1v) is 11.9. The Balaban J connectivity index is 2.74. The molecule has 0 aromatic heterocycles. The molecule has 164 valence electrons. The van der Waals surface area contributed by atoms with E-state index in [1.54, 1.807) is 0 Å². The van der Waals surface area contributed by atoms with E-state index >= 15 is 0 Å². The second-order valence-electron chi connectivity index (χ2n) is 10.4. The van der Waals surface area contributed by atoms with Crippen molar-refractivity contribution >= 4 is 24.6 Å². The smallest absolute Gasteiger partial charge is 0.0699 e. The molecule has 0 atom stereocenters. The van der Waals surface area contributed by atoms with Gasteiger partial charge in [-0.1, -0.05) is 68.5 Å². The van der Waals surface area contributed by atoms with Crippen molar-refractivity contribution in [3.63, 3.8) is 0 Å². The Bertz CT molecular complexity index is 1010. The van der Waals surface area contributed by atoms with Crippen LogP contribution in [0.15, 0.2) is 54.1 Å². The first-order chi connectivity index (χ1) is 14.3. The summed E-state index contributed by atoms with van der Waals surface area (Å²) >= 11 is 0. The van der Waals surface area contributed by atoms with Crippen LogP contribution in [0.25, 0.3) is 0 Å². The maximum absolute atomic E-state index is 3.52. The monoisotopic (exact) mass is 431 g/mol. The highest BCUT2D eigenvalue weighted by atomic mass is 31.1. The molecule has 0 N–H and O–H groups in total. The van der Waals surface area contributed by atoms with Gasteiger partial charge in [0, 0.05) is 29.0 Å². The summed E-state index contributed by atoms with van der Waals surface area (Å²) in [5, 5.41) is 1.37. The molecule has 0 bridgehead atoms. The summed E-state index contributed by atoms with van der Waals surface area (Å²) in [6, 6.07) is 15.1. The minimum Gasteiger partial charge on any atom is -0.341 e. The third-order valence-electron chi connectivity index (χ3n) is 5.00. The van der Waals surface area contributed by atoms with Gasteiger partial charge in [-0.05, 0) is 84.5 Å². The zero-order valence-corrected chi connectivity index (χ0v) is 21.9. The number of nitrogens with zero attached hydrogens (tertiary/aromatic N) is 1. The first-order valence-electron chi connectivity index (χ1n) is 11.0. The Labute approximate surface area is 192 Å². The number of benzene rings is 2. The molecule has 1 nitrogen and oxygen atoms in total. The number of rotatable bonds is 4. The lowest BCUT2D eigenvalue weighted by atomic mass is 9.85. The fraction of sp³-hybridized carbons (Fsp3) is 0.414. The average Bonchev–Trinajstić information content (AvgIpc) is 2.64. The molecule has 0 radical (unpaired) electrons. The highest BCUT2D eigenvalue weighted by Gasteiger charge is 2.19. The van der Waals surface area contributed by atoms with Gasteiger partial charge >= 0.3 is 0 Å². The van der Waals surface area contributed by atoms with Crippen molar-refractivity contribution in [1.29, 1.82) is 0 Å². The number of aryl methyl sites for hydroxylation is 3. The number of anilines is 1. The summed E-state index contributed by atoms with van der Waals surface area (Å²) in [4.78, 5) is 2.30. The van der Waals surface area contributed by atoms with Crippen LogP contribution in [-0.4, -0.2) is 12.5 Å². The summed E-state index contributed by atoms with van der Waals surface area (Å²) in [6.07, 6.45) is 2.31. The summed E-state index contributed by atoms with van der Waals surface area (Å²) < 4.78 is 0. The molecule has 2 heteroatoms. The molecule has 0 fully saturated rings. The molecule has 0 spiro atoms. The minimum atomic E-state index is -0.0338. The normalized spacial score (nSPS) is 13.0. The predicted molar refractivity (Wildman–Crippen MR) is 142 cm³/mol. The van der Waals surface area contributed by atoms with Crippen molar-refractivity contribution in [2.45, 2.75) is 62.3 Å². The first kappa shape index (κ1) is 25.0. The lowest BCUT2D eigenvalue weighted by molar-refractivity contribution is 0.520. The van der Waals surface area contributed by atoms with Crippen molar-refractivity contribution in [2.24, 2.45) is 10.8 Å². The van der Waals surface area contributed by atoms with Crippen LogP contribution < -0.4 is 10.2 Å². The number of likely N-dealkylation sites (N-methyl/N-ethyl adjacent to an activating group) is 1. The summed E-state index contributed by atoms with van der Waals surface area (Å²) in [5.41, 5.74) is 7.50. The van der Waals surface area contributed by atoms with Gasteiger partial charge < -0.3 is 4.90 Å². The zero-order chi connectivity index (χ0) is 23.4. The van der Waals surface area contributed by atoms with E-state index in [1.165, 1.54) is 41.3 Å². The molecule has 31 heavy (non-hydrogen) atoms. The van der Waals surface area contributed by atoms with Crippen LogP contribution in [0, 0.1) is 43.4 Å². The van der Waals surface area contributed by atoms with E-state index in [1.807, 2.05) is 0 Å². The molecule has 0 saturated carbocycles. The van der Waals surface area contributed by atoms with Crippen molar-refractivity contribution in [3.05, 3.63) is 70.8 Å². The van der Waals surface area contributed by atoms with Gasteiger partial charge in [-0.3, -0.25) is 0 Å². The van der Waals surface area contributed by atoms with Gasteiger partial charge in [0.05, 0.1) is 5.42 Å². The third-order valence-corrected chi connectivity index (χ3v) is 6.59. The van der Waals surface area contributed by atoms with E-state index in [4.69, 9.17) is 0 Å². The molecule has 2 aromatic rings. The second kappa shape index (κ2) is 9.89. The quantitative estimate of drug-likeness (QED) is 0.358. The fourth-order valence-electron chi connectivity index (χ4n) is 3.28. The van der Waals surface area contributed by atoms with Gasteiger partial charge in [0.2, 0.25) is 0 Å². The second-order valence-corrected chi connectivity index (χ2v) is 11.5. The molecule has 2 rings (SSSR count). The summed E-state index contributed by atoms with van der Waals surface area (Å²) in [6.45, 7) is 19.8. The molecule has 0 aliphatic carbocycles.